The van der Waals surface area contributed by atoms with E-state index in [1.807, 2.05) is 31.2 Å². The minimum atomic E-state index is -0.268. The average Bonchev–Trinajstić information content (AvgIpc) is 2.62. The summed E-state index contributed by atoms with van der Waals surface area (Å²) in [6, 6.07) is 12.2. The highest BCUT2D eigenvalue weighted by molar-refractivity contribution is 6.18. The Morgan fingerprint density at radius 3 is 2.56 bits per heavy atom. The van der Waals surface area contributed by atoms with Gasteiger partial charge in [0.05, 0.1) is 6.61 Å². The van der Waals surface area contributed by atoms with Gasteiger partial charge in [-0.2, -0.15) is 0 Å². The minimum Gasteiger partial charge on any atom is -0.494 e. The predicted octanol–water partition coefficient (Wildman–Crippen LogP) is 3.16. The zero-order chi connectivity index (χ0) is 18.1. The van der Waals surface area contributed by atoms with E-state index in [-0.39, 0.29) is 11.5 Å². The van der Waals surface area contributed by atoms with Crippen LogP contribution in [0.4, 0.5) is 0 Å². The van der Waals surface area contributed by atoms with Crippen molar-refractivity contribution in [3.05, 3.63) is 64.6 Å². The van der Waals surface area contributed by atoms with E-state index in [0.29, 0.717) is 18.8 Å². The van der Waals surface area contributed by atoms with Gasteiger partial charge in [0.2, 0.25) is 0 Å². The van der Waals surface area contributed by atoms with E-state index in [4.69, 9.17) is 4.74 Å². The maximum absolute atomic E-state index is 12.6. The Kier molecular flexibility index (Phi) is 7.01. The Hall–Kier alpha value is -2.82. The van der Waals surface area contributed by atoms with Gasteiger partial charge in [-0.1, -0.05) is 31.5 Å². The van der Waals surface area contributed by atoms with E-state index in [2.05, 4.69) is 12.2 Å². The lowest BCUT2D eigenvalue weighted by molar-refractivity contribution is -0.115. The van der Waals surface area contributed by atoms with Gasteiger partial charge in [-0.05, 0) is 43.2 Å². The molecule has 0 fully saturated rings. The molecule has 1 amide bonds. The number of amides is 1. The van der Waals surface area contributed by atoms with E-state index in [0.717, 1.165) is 24.2 Å². The molecule has 5 heteroatoms. The highest BCUT2D eigenvalue weighted by Gasteiger charge is 2.12. The van der Waals surface area contributed by atoms with Crippen LogP contribution in [0, 0.1) is 0 Å². The summed E-state index contributed by atoms with van der Waals surface area (Å²) in [6.45, 7) is 5.16. The van der Waals surface area contributed by atoms with Crippen molar-refractivity contribution < 1.29 is 9.53 Å². The summed E-state index contributed by atoms with van der Waals surface area (Å²) in [6.07, 6.45) is 5.19. The first-order valence-corrected chi connectivity index (χ1v) is 8.56. The summed E-state index contributed by atoms with van der Waals surface area (Å²) in [5.41, 5.74) is 0.871. The van der Waals surface area contributed by atoms with Gasteiger partial charge in [0.15, 0.2) is 0 Å². The molecule has 0 aliphatic rings. The average molecular weight is 340 g/mol. The van der Waals surface area contributed by atoms with Gasteiger partial charge < -0.3 is 10.1 Å². The Morgan fingerprint density at radius 2 is 1.92 bits per heavy atom. The van der Waals surface area contributed by atoms with Gasteiger partial charge in [0.1, 0.15) is 11.4 Å². The predicted molar refractivity (Wildman–Crippen MR) is 100 cm³/mol. The summed E-state index contributed by atoms with van der Waals surface area (Å²) in [4.78, 5) is 24.7. The minimum absolute atomic E-state index is 0.245. The molecule has 1 aromatic carbocycles. The number of aromatic nitrogens is 1. The molecule has 2 aromatic rings. The number of carbonyl (C=O) groups excluding carboxylic acids is 1. The second-order valence-corrected chi connectivity index (χ2v) is 5.55. The zero-order valence-corrected chi connectivity index (χ0v) is 14.7. The number of hydrogen-bond acceptors (Lipinski definition) is 3. The third kappa shape index (κ3) is 5.35. The molecule has 2 rings (SSSR count). The molecule has 5 nitrogen and oxygen atoms in total. The number of unbranched alkanes of at least 4 members (excludes halogenated alkanes) is 1. The van der Waals surface area contributed by atoms with Crippen molar-refractivity contribution in [2.75, 3.05) is 13.2 Å². The molecule has 132 valence electrons. The van der Waals surface area contributed by atoms with Gasteiger partial charge in [-0.15, -0.1) is 0 Å². The van der Waals surface area contributed by atoms with Crippen LogP contribution in [-0.4, -0.2) is 23.6 Å². The fraction of sp³-hybridized carbons (Fsp3) is 0.300. The molecule has 1 aromatic heterocycles. The first-order chi connectivity index (χ1) is 12.2. The lowest BCUT2D eigenvalue weighted by Gasteiger charge is -2.11. The molecule has 0 atom stereocenters. The first-order valence-electron chi connectivity index (χ1n) is 8.56. The van der Waals surface area contributed by atoms with Crippen LogP contribution in [0.25, 0.3) is 11.8 Å². The van der Waals surface area contributed by atoms with E-state index < -0.39 is 0 Å². The molecule has 0 spiro atoms. The highest BCUT2D eigenvalue weighted by atomic mass is 16.5. The van der Waals surface area contributed by atoms with Crippen LogP contribution in [-0.2, 0) is 4.79 Å². The van der Waals surface area contributed by atoms with Crippen LogP contribution in [0.15, 0.2) is 53.5 Å². The number of rotatable bonds is 8. The zero-order valence-electron chi connectivity index (χ0n) is 14.7. The Labute approximate surface area is 147 Å². The van der Waals surface area contributed by atoms with Crippen molar-refractivity contribution in [2.24, 2.45) is 0 Å². The molecule has 1 heterocycles. The van der Waals surface area contributed by atoms with Gasteiger partial charge in [0.25, 0.3) is 11.5 Å². The largest absolute Gasteiger partial charge is 0.494 e. The quantitative estimate of drug-likeness (QED) is 0.593. The Bertz CT molecular complexity index is 776. The van der Waals surface area contributed by atoms with Crippen molar-refractivity contribution in [3.63, 3.8) is 0 Å². The number of carbonyl (C=O) groups is 1. The summed E-state index contributed by atoms with van der Waals surface area (Å²) < 4.78 is 6.79. The molecule has 25 heavy (non-hydrogen) atoms. The molecule has 0 radical (unpaired) electrons. The van der Waals surface area contributed by atoms with Gasteiger partial charge in [-0.3, -0.25) is 14.2 Å². The molecule has 0 bridgehead atoms. The van der Waals surface area contributed by atoms with Crippen LogP contribution >= 0.6 is 0 Å². The van der Waals surface area contributed by atoms with Crippen LogP contribution in [0.1, 0.15) is 32.3 Å². The molecule has 0 unspecified atom stereocenters. The third-order valence-electron chi connectivity index (χ3n) is 3.63. The molecule has 0 saturated carbocycles. The molecule has 0 aliphatic carbocycles. The lowest BCUT2D eigenvalue weighted by atomic mass is 10.1. The van der Waals surface area contributed by atoms with Gasteiger partial charge in [-0.25, -0.2) is 0 Å². The lowest BCUT2D eigenvalue weighted by Crippen LogP contribution is -2.31. The van der Waals surface area contributed by atoms with Crippen LogP contribution < -0.4 is 15.6 Å². The monoisotopic (exact) mass is 340 g/mol. The Morgan fingerprint density at radius 1 is 1.16 bits per heavy atom. The van der Waals surface area contributed by atoms with Crippen LogP contribution in [0.3, 0.4) is 0 Å². The summed E-state index contributed by atoms with van der Waals surface area (Å²) in [7, 11) is 0. The third-order valence-corrected chi connectivity index (χ3v) is 3.63. The number of ether oxygens (including phenoxy) is 1. The maximum atomic E-state index is 12.6. The van der Waals surface area contributed by atoms with Crippen molar-refractivity contribution in [1.82, 2.24) is 9.88 Å². The molecule has 1 N–H and O–H groups in total. The fourth-order valence-electron chi connectivity index (χ4n) is 2.32. The SMILES string of the molecule is CCCCNC(=O)/C(=C\c1ccc(OCC)cc1)n1ccccc1=O. The number of nitrogens with one attached hydrogen (secondary N) is 1. The van der Waals surface area contributed by atoms with Crippen molar-refractivity contribution in [3.8, 4) is 5.75 Å². The van der Waals surface area contributed by atoms with Crippen molar-refractivity contribution in [2.45, 2.75) is 26.7 Å². The van der Waals surface area contributed by atoms with Crippen LogP contribution in [0.2, 0.25) is 0 Å². The van der Waals surface area contributed by atoms with E-state index >= 15 is 0 Å². The maximum Gasteiger partial charge on any atom is 0.268 e. The highest BCUT2D eigenvalue weighted by Crippen LogP contribution is 2.16. The Balaban J connectivity index is 2.35. The number of hydrogen-bond donors (Lipinski definition) is 1. The molecule has 0 saturated heterocycles. The van der Waals surface area contributed by atoms with Crippen molar-refractivity contribution >= 4 is 17.7 Å². The second-order valence-electron chi connectivity index (χ2n) is 5.55. The first kappa shape index (κ1) is 18.5. The fourth-order valence-corrected chi connectivity index (χ4v) is 2.32. The summed E-state index contributed by atoms with van der Waals surface area (Å²) in [5, 5.41) is 2.87. The number of pyridine rings is 1. The second kappa shape index (κ2) is 9.47. The van der Waals surface area contributed by atoms with E-state index in [1.165, 1.54) is 10.6 Å². The molecule has 0 aliphatic heterocycles. The van der Waals surface area contributed by atoms with Crippen LogP contribution in [0.5, 0.6) is 5.75 Å². The van der Waals surface area contributed by atoms with Crippen molar-refractivity contribution in [1.29, 1.82) is 0 Å². The summed E-state index contributed by atoms with van der Waals surface area (Å²) >= 11 is 0. The number of nitrogens with zero attached hydrogens (tertiary/aromatic N) is 1. The smallest absolute Gasteiger partial charge is 0.268 e. The molecular formula is C20H24N2O3. The standard InChI is InChI=1S/C20H24N2O3/c1-3-5-13-21-20(24)18(22-14-7-6-8-19(22)23)15-16-9-11-17(12-10-16)25-4-2/h6-12,14-15H,3-5,13H2,1-2H3,(H,21,24)/b18-15+. The number of benzene rings is 1. The normalized spacial score (nSPS) is 11.2. The van der Waals surface area contributed by atoms with E-state index in [1.54, 1.807) is 24.4 Å². The van der Waals surface area contributed by atoms with E-state index in [9.17, 15) is 9.59 Å². The summed E-state index contributed by atoms with van der Waals surface area (Å²) in [5.74, 6) is 0.501. The molecular weight excluding hydrogens is 316 g/mol. The van der Waals surface area contributed by atoms with Gasteiger partial charge in [0, 0.05) is 18.8 Å². The topological polar surface area (TPSA) is 60.3 Å². The van der Waals surface area contributed by atoms with Gasteiger partial charge >= 0.3 is 0 Å².